The summed E-state index contributed by atoms with van der Waals surface area (Å²) in [4.78, 5) is 69.6. The number of nitrogens with zero attached hydrogens (tertiary/aromatic N) is 13. The molecule has 87 heavy (non-hydrogen) atoms. The van der Waals surface area contributed by atoms with Gasteiger partial charge in [-0.1, -0.05) is 20.1 Å². The van der Waals surface area contributed by atoms with E-state index < -0.39 is 46.9 Å². The lowest BCUT2D eigenvalue weighted by molar-refractivity contribution is -0.139. The summed E-state index contributed by atoms with van der Waals surface area (Å²) in [5.74, 6) is -1.01. The van der Waals surface area contributed by atoms with E-state index in [4.69, 9.17) is 35.9 Å². The van der Waals surface area contributed by atoms with E-state index in [1.54, 1.807) is 15.9 Å². The molecule has 5 aromatic heterocycles. The number of alkyl halides is 5. The number of likely N-dealkylation sites (tertiary alicyclic amines) is 2. The van der Waals surface area contributed by atoms with Crippen molar-refractivity contribution in [2.75, 3.05) is 101 Å². The maximum absolute atomic E-state index is 17.6. The highest BCUT2D eigenvalue weighted by molar-refractivity contribution is 5.92. The molecule has 6 fully saturated rings. The Morgan fingerprint density at radius 3 is 2.25 bits per heavy atom. The summed E-state index contributed by atoms with van der Waals surface area (Å²) in [5, 5.41) is 0.325. The average molecular weight is 1210 g/mol. The summed E-state index contributed by atoms with van der Waals surface area (Å²) in [7, 11) is 3.72. The van der Waals surface area contributed by atoms with Crippen molar-refractivity contribution in [2.45, 2.75) is 133 Å². The molecule has 4 N–H and O–H groups in total. The van der Waals surface area contributed by atoms with Gasteiger partial charge in [0.1, 0.15) is 60.0 Å². The number of hydrogen-bond donors (Lipinski definition) is 2. The Bertz CT molecular complexity index is 3550. The molecular formula is C62H75F6N15O4. The van der Waals surface area contributed by atoms with Crippen LogP contribution in [-0.2, 0) is 35.0 Å². The average Bonchev–Trinajstić information content (AvgIpc) is 2.10. The third kappa shape index (κ3) is 11.1. The van der Waals surface area contributed by atoms with Gasteiger partial charge in [0.2, 0.25) is 11.8 Å². The number of aromatic nitrogens is 7. The third-order valence-electron chi connectivity index (χ3n) is 19.9. The minimum atomic E-state index is -4.69. The maximum atomic E-state index is 17.6. The standard InChI is InChI=1S/C62H75F6N15O4/c1-8-48(84)80-16-12-41(30-80)79(7)57-43-17-33(3)42(53-50(62(66,67)68)34(4)18-46(69)74-53)21-45(43)72-58(77-57)87-32-61-14-11-40(83(61)29-39(64)23-61)19-37-20-47(70)73-52(35(37)5)55-51(65)54-44(24-71-55)56(78(6)25-36-26-81(27-36)49(85)9-2)76-59(75-54)86-31-60-13-10-15-82(60)28-38(63)22-60/h8-9,18,20,24,33,36,38-42H,1-2,10-17,19,21-23,25-32H2,3-7H3,(H2,69,74)(H2,70,73)/t33-,38+,39+,40?,41+,42-,60-,61-/m0/s1. The van der Waals surface area contributed by atoms with Crippen molar-refractivity contribution in [1.29, 1.82) is 0 Å². The molecule has 0 aromatic carbocycles. The minimum absolute atomic E-state index is 0.000580. The number of likely N-dealkylation sites (N-methyl/N-ethyl adjacent to an activating group) is 1. The van der Waals surface area contributed by atoms with Gasteiger partial charge in [0.25, 0.3) is 0 Å². The number of aryl methyl sites for hydroxylation is 1. The molecule has 19 nitrogen and oxygen atoms in total. The van der Waals surface area contributed by atoms with Gasteiger partial charge in [-0.05, 0) is 119 Å². The summed E-state index contributed by atoms with van der Waals surface area (Å²) in [6, 6.07) is 2.56. The largest absolute Gasteiger partial charge is 0.461 e. The molecule has 0 bridgehead atoms. The van der Waals surface area contributed by atoms with Gasteiger partial charge in [0, 0.05) is 108 Å². The van der Waals surface area contributed by atoms with Crippen LogP contribution < -0.4 is 30.7 Å². The van der Waals surface area contributed by atoms with Crippen molar-refractivity contribution in [1.82, 2.24) is 54.5 Å². The van der Waals surface area contributed by atoms with Crippen LogP contribution in [0.4, 0.5) is 49.6 Å². The van der Waals surface area contributed by atoms with Crippen molar-refractivity contribution in [3.8, 4) is 23.4 Å². The van der Waals surface area contributed by atoms with Crippen LogP contribution in [0.2, 0.25) is 0 Å². The van der Waals surface area contributed by atoms with Gasteiger partial charge >= 0.3 is 18.2 Å². The van der Waals surface area contributed by atoms with Gasteiger partial charge in [-0.2, -0.15) is 33.1 Å². The first kappa shape index (κ1) is 59.9. The van der Waals surface area contributed by atoms with E-state index in [1.165, 1.54) is 31.3 Å². The van der Waals surface area contributed by atoms with E-state index in [0.29, 0.717) is 106 Å². The number of anilines is 4. The summed E-state index contributed by atoms with van der Waals surface area (Å²) in [6.45, 7) is 16.1. The Balaban J connectivity index is 0.823. The summed E-state index contributed by atoms with van der Waals surface area (Å²) in [5.41, 5.74) is 13.1. The number of nitrogens with two attached hydrogens (primary N) is 2. The number of hydrogen-bond acceptors (Lipinski definition) is 17. The summed E-state index contributed by atoms with van der Waals surface area (Å²) in [6.07, 6.45) is 2.02. The second-order valence-corrected chi connectivity index (χ2v) is 25.5. The molecule has 12 rings (SSSR count). The van der Waals surface area contributed by atoms with Crippen LogP contribution in [0, 0.1) is 31.5 Å². The molecule has 1 aliphatic carbocycles. The lowest BCUT2D eigenvalue weighted by Crippen LogP contribution is -2.53. The van der Waals surface area contributed by atoms with Gasteiger partial charge in [-0.15, -0.1) is 0 Å². The van der Waals surface area contributed by atoms with Gasteiger partial charge in [0.15, 0.2) is 5.82 Å². The lowest BCUT2D eigenvalue weighted by Gasteiger charge is -2.40. The van der Waals surface area contributed by atoms with Gasteiger partial charge in [-0.3, -0.25) is 24.4 Å². The smallest absolute Gasteiger partial charge is 0.418 e. The molecule has 7 aliphatic rings. The van der Waals surface area contributed by atoms with Crippen LogP contribution in [0.5, 0.6) is 12.0 Å². The number of carbonyl (C=O) groups excluding carboxylic acids is 2. The summed E-state index contributed by atoms with van der Waals surface area (Å²) < 4.78 is 106. The quantitative estimate of drug-likeness (QED) is 0.0679. The zero-order valence-electron chi connectivity index (χ0n) is 49.9. The minimum Gasteiger partial charge on any atom is -0.461 e. The topological polar surface area (TPSA) is 214 Å². The number of amides is 2. The van der Waals surface area contributed by atoms with Crippen LogP contribution in [0.3, 0.4) is 0 Å². The fourth-order valence-corrected chi connectivity index (χ4v) is 15.4. The predicted octanol–water partition coefficient (Wildman–Crippen LogP) is 7.55. The van der Waals surface area contributed by atoms with E-state index in [-0.39, 0.29) is 120 Å². The Kier molecular flexibility index (Phi) is 15.8. The van der Waals surface area contributed by atoms with Crippen molar-refractivity contribution < 1.29 is 45.4 Å². The molecule has 1 unspecified atom stereocenters. The van der Waals surface area contributed by atoms with Crippen molar-refractivity contribution >= 4 is 46.0 Å². The molecule has 464 valence electrons. The molecule has 25 heteroatoms. The molecule has 8 atom stereocenters. The van der Waals surface area contributed by atoms with E-state index in [0.717, 1.165) is 30.5 Å². The molecule has 5 aromatic rings. The highest BCUT2D eigenvalue weighted by Crippen LogP contribution is 2.48. The number of rotatable bonds is 17. The van der Waals surface area contributed by atoms with E-state index in [9.17, 15) is 27.2 Å². The van der Waals surface area contributed by atoms with E-state index >= 15 is 8.78 Å². The zero-order chi connectivity index (χ0) is 61.6. The van der Waals surface area contributed by atoms with Crippen LogP contribution >= 0.6 is 0 Å². The Morgan fingerprint density at radius 1 is 0.816 bits per heavy atom. The van der Waals surface area contributed by atoms with Gasteiger partial charge < -0.3 is 40.5 Å². The molecule has 2 amide bonds. The van der Waals surface area contributed by atoms with Gasteiger partial charge in [0.05, 0.1) is 39.1 Å². The second-order valence-electron chi connectivity index (χ2n) is 25.5. The number of nitrogen functional groups attached to an aromatic ring is 2. The van der Waals surface area contributed by atoms with Gasteiger partial charge in [-0.25, -0.2) is 23.1 Å². The number of carbonyl (C=O) groups is 2. The Morgan fingerprint density at radius 2 is 1.51 bits per heavy atom. The number of pyridine rings is 3. The van der Waals surface area contributed by atoms with Crippen molar-refractivity contribution in [3.63, 3.8) is 0 Å². The SMILES string of the molecule is C=CC(=O)N1CC(CN(C)c2nc(OC[C@@]34CCCN3C[C@H](F)C4)nc3c(F)c(-c4nc(N)cc(CC5CC[C@@]6(COc7nc8c(c(N(C)[C@@H]9CCN(C(=O)C=C)C9)n7)C[C@H](C)[C@@H](c7nc(N)cc(C)c7C(F)(F)F)C8)C[C@@H](F)CN56)c4C)ncc23)C1. The van der Waals surface area contributed by atoms with Crippen molar-refractivity contribution in [2.24, 2.45) is 11.8 Å². The van der Waals surface area contributed by atoms with Crippen LogP contribution in [0.25, 0.3) is 22.3 Å². The predicted molar refractivity (Wildman–Crippen MR) is 316 cm³/mol. The summed E-state index contributed by atoms with van der Waals surface area (Å²) >= 11 is 0. The fourth-order valence-electron chi connectivity index (χ4n) is 15.4. The maximum Gasteiger partial charge on any atom is 0.418 e. The fraction of sp³-hybridized carbons (Fsp3) is 0.565. The molecule has 6 saturated heterocycles. The normalized spacial score (nSPS) is 26.4. The third-order valence-corrected chi connectivity index (χ3v) is 19.9. The Hall–Kier alpha value is -7.41. The van der Waals surface area contributed by atoms with E-state index in [2.05, 4.69) is 42.9 Å². The number of halogens is 6. The monoisotopic (exact) mass is 1210 g/mol. The van der Waals surface area contributed by atoms with Crippen LogP contribution in [-0.4, -0.2) is 181 Å². The molecular weight excluding hydrogens is 1130 g/mol. The number of fused-ring (bicyclic) bond motifs is 4. The van der Waals surface area contributed by atoms with E-state index in [1.807, 2.05) is 37.7 Å². The molecule has 0 spiro atoms. The highest BCUT2D eigenvalue weighted by Gasteiger charge is 2.54. The molecule has 6 aliphatic heterocycles. The lowest BCUT2D eigenvalue weighted by atomic mass is 9.75. The van der Waals surface area contributed by atoms with Crippen LogP contribution in [0.15, 0.2) is 43.6 Å². The highest BCUT2D eigenvalue weighted by atomic mass is 19.4. The first-order chi connectivity index (χ1) is 41.4. The molecule has 11 heterocycles. The molecule has 0 saturated carbocycles. The van der Waals surface area contributed by atoms with Crippen molar-refractivity contribution in [3.05, 3.63) is 88.7 Å². The molecule has 0 radical (unpaired) electrons. The first-order valence-electron chi connectivity index (χ1n) is 30.1. The van der Waals surface area contributed by atoms with Crippen LogP contribution in [0.1, 0.15) is 97.0 Å². The Labute approximate surface area is 501 Å². The second kappa shape index (κ2) is 22.9. The first-order valence-corrected chi connectivity index (χ1v) is 30.1. The zero-order valence-corrected chi connectivity index (χ0v) is 49.9. The number of ether oxygens (including phenoxy) is 2.